The Kier molecular flexibility index (Phi) is 7.18. The van der Waals surface area contributed by atoms with Crippen molar-refractivity contribution in [2.24, 2.45) is 0 Å². The molecule has 2 aromatic rings. The average molecular weight is 352 g/mol. The van der Waals surface area contributed by atoms with Gasteiger partial charge in [-0.05, 0) is 31.3 Å². The monoisotopic (exact) mass is 351 g/mol. The van der Waals surface area contributed by atoms with E-state index in [0.717, 1.165) is 24.5 Å². The molecule has 1 aliphatic rings. The summed E-state index contributed by atoms with van der Waals surface area (Å²) in [6.45, 7) is 4.74. The first-order valence-corrected chi connectivity index (χ1v) is 8.47. The first-order valence-electron chi connectivity index (χ1n) is 7.71. The lowest BCUT2D eigenvalue weighted by Crippen LogP contribution is -2.40. The van der Waals surface area contributed by atoms with Crippen LogP contribution < -0.4 is 10.2 Å². The van der Waals surface area contributed by atoms with Gasteiger partial charge in [-0.3, -0.25) is 0 Å². The van der Waals surface area contributed by atoms with E-state index in [2.05, 4.69) is 17.3 Å². The zero-order valence-corrected chi connectivity index (χ0v) is 15.1. The zero-order valence-electron chi connectivity index (χ0n) is 13.6. The van der Waals surface area contributed by atoms with E-state index in [4.69, 9.17) is 23.2 Å². The lowest BCUT2D eigenvalue weighted by molar-refractivity contribution is 0.291. The second-order valence-corrected chi connectivity index (χ2v) is 6.33. The molecule has 1 N–H and O–H groups in total. The smallest absolute Gasteiger partial charge is 0.0786 e. The predicted octanol–water partition coefficient (Wildman–Crippen LogP) is 4.28. The Morgan fingerprint density at radius 1 is 0.913 bits per heavy atom. The highest BCUT2D eigenvalue weighted by Gasteiger charge is 2.11. The molecule has 23 heavy (non-hydrogen) atoms. The van der Waals surface area contributed by atoms with Crippen LogP contribution in [0.3, 0.4) is 0 Å². The summed E-state index contributed by atoms with van der Waals surface area (Å²) < 4.78 is 0. The van der Waals surface area contributed by atoms with Gasteiger partial charge in [-0.2, -0.15) is 0 Å². The first-order chi connectivity index (χ1) is 11.1. The van der Waals surface area contributed by atoms with Crippen LogP contribution in [0.25, 0.3) is 0 Å². The summed E-state index contributed by atoms with van der Waals surface area (Å²) in [6.07, 6.45) is 0. The minimum absolute atomic E-state index is 0.652. The Hall–Kier alpha value is -1.26. The van der Waals surface area contributed by atoms with Crippen LogP contribution in [0.4, 0.5) is 11.4 Å². The molecule has 0 unspecified atom stereocenters. The topological polar surface area (TPSA) is 18.5 Å². The Morgan fingerprint density at radius 2 is 1.48 bits per heavy atom. The van der Waals surface area contributed by atoms with Crippen LogP contribution in [0.5, 0.6) is 0 Å². The van der Waals surface area contributed by atoms with Gasteiger partial charge in [0, 0.05) is 38.9 Å². The van der Waals surface area contributed by atoms with Gasteiger partial charge in [0.05, 0.1) is 15.7 Å². The number of nitrogens with one attached hydrogen (secondary N) is 1. The Bertz CT molecular complexity index is 578. The van der Waals surface area contributed by atoms with E-state index in [1.54, 1.807) is 0 Å². The van der Waals surface area contributed by atoms with E-state index < -0.39 is 0 Å². The molecule has 0 saturated carbocycles. The number of rotatable bonds is 2. The van der Waals surface area contributed by atoms with Crippen molar-refractivity contribution < 1.29 is 0 Å². The number of halogens is 2. The van der Waals surface area contributed by atoms with Crippen molar-refractivity contribution >= 4 is 34.6 Å². The quantitative estimate of drug-likeness (QED) is 0.870. The summed E-state index contributed by atoms with van der Waals surface area (Å²) in [5.74, 6) is 0. The minimum Gasteiger partial charge on any atom is -0.342 e. The molecule has 1 aliphatic heterocycles. The van der Waals surface area contributed by atoms with Gasteiger partial charge in [-0.15, -0.1) is 0 Å². The maximum absolute atomic E-state index is 6.15. The lowest BCUT2D eigenvalue weighted by atomic mass is 10.2. The molecule has 2 aromatic carbocycles. The number of nitrogens with zero attached hydrogens (tertiary/aromatic N) is 2. The molecule has 3 nitrogen and oxygen atoms in total. The highest BCUT2D eigenvalue weighted by atomic mass is 35.5. The van der Waals surface area contributed by atoms with Crippen LogP contribution in [0.2, 0.25) is 10.0 Å². The van der Waals surface area contributed by atoms with Crippen molar-refractivity contribution in [1.29, 1.82) is 0 Å². The van der Waals surface area contributed by atoms with Crippen LogP contribution in [-0.2, 0) is 0 Å². The van der Waals surface area contributed by atoms with Crippen LogP contribution >= 0.6 is 23.2 Å². The van der Waals surface area contributed by atoms with E-state index in [9.17, 15) is 0 Å². The number of hydrogen-bond donors (Lipinski definition) is 1. The molecule has 0 atom stereocenters. The normalized spacial score (nSPS) is 14.8. The van der Waals surface area contributed by atoms with Crippen LogP contribution in [0.1, 0.15) is 0 Å². The van der Waals surface area contributed by atoms with Crippen molar-refractivity contribution in [2.45, 2.75) is 0 Å². The van der Waals surface area contributed by atoms with E-state index in [1.165, 1.54) is 13.1 Å². The van der Waals surface area contributed by atoms with Crippen LogP contribution in [0.15, 0.2) is 48.5 Å². The number of anilines is 2. The van der Waals surface area contributed by atoms with Crippen LogP contribution in [-0.4, -0.2) is 45.2 Å². The second-order valence-electron chi connectivity index (χ2n) is 5.52. The Labute approximate surface area is 148 Å². The summed E-state index contributed by atoms with van der Waals surface area (Å²) in [6, 6.07) is 15.5. The van der Waals surface area contributed by atoms with E-state index in [0.29, 0.717) is 10.0 Å². The maximum Gasteiger partial charge on any atom is 0.0786 e. The fraction of sp³-hybridized carbons (Fsp3) is 0.333. The molecule has 124 valence electrons. The van der Waals surface area contributed by atoms with Crippen molar-refractivity contribution in [1.82, 2.24) is 10.2 Å². The largest absolute Gasteiger partial charge is 0.342 e. The number of para-hydroxylation sites is 2. The zero-order chi connectivity index (χ0) is 16.7. The van der Waals surface area contributed by atoms with Gasteiger partial charge in [0.2, 0.25) is 0 Å². The molecular weight excluding hydrogens is 329 g/mol. The third-order valence-corrected chi connectivity index (χ3v) is 4.37. The molecule has 0 aromatic heterocycles. The van der Waals surface area contributed by atoms with Gasteiger partial charge in [0.25, 0.3) is 0 Å². The van der Waals surface area contributed by atoms with Gasteiger partial charge in [0.15, 0.2) is 0 Å². The first kappa shape index (κ1) is 18.1. The third-order valence-electron chi connectivity index (χ3n) is 3.76. The predicted molar refractivity (Wildman–Crippen MR) is 101 cm³/mol. The number of benzene rings is 2. The SMILES string of the molecule is CN(c1ccccc1)c1c(Cl)cccc1Cl.CN1CCNCC1. The molecule has 1 saturated heterocycles. The molecule has 0 radical (unpaired) electrons. The summed E-state index contributed by atoms with van der Waals surface area (Å²) in [7, 11) is 4.10. The minimum atomic E-state index is 0.652. The number of hydrogen-bond acceptors (Lipinski definition) is 3. The Balaban J connectivity index is 0.000000229. The summed E-state index contributed by atoms with van der Waals surface area (Å²) in [5, 5.41) is 4.58. The highest BCUT2D eigenvalue weighted by molar-refractivity contribution is 6.39. The summed E-state index contributed by atoms with van der Waals surface area (Å²) in [5.41, 5.74) is 1.88. The molecule has 5 heteroatoms. The van der Waals surface area contributed by atoms with Crippen molar-refractivity contribution in [3.05, 3.63) is 58.6 Å². The van der Waals surface area contributed by atoms with Gasteiger partial charge in [-0.25, -0.2) is 0 Å². The van der Waals surface area contributed by atoms with Crippen molar-refractivity contribution in [2.75, 3.05) is 45.2 Å². The maximum atomic E-state index is 6.15. The molecule has 1 fully saturated rings. The van der Waals surface area contributed by atoms with E-state index in [-0.39, 0.29) is 0 Å². The fourth-order valence-corrected chi connectivity index (χ4v) is 3.02. The molecule has 0 spiro atoms. The van der Waals surface area contributed by atoms with Crippen LogP contribution in [0, 0.1) is 0 Å². The summed E-state index contributed by atoms with van der Waals surface area (Å²) in [4.78, 5) is 4.31. The van der Waals surface area contributed by atoms with Crippen molar-refractivity contribution in [3.63, 3.8) is 0 Å². The number of piperazine rings is 1. The molecule has 1 heterocycles. The van der Waals surface area contributed by atoms with E-state index in [1.807, 2.05) is 60.5 Å². The third kappa shape index (κ3) is 5.40. The van der Waals surface area contributed by atoms with E-state index >= 15 is 0 Å². The van der Waals surface area contributed by atoms with Crippen molar-refractivity contribution in [3.8, 4) is 0 Å². The fourth-order valence-electron chi connectivity index (χ4n) is 2.37. The molecule has 3 rings (SSSR count). The lowest BCUT2D eigenvalue weighted by Gasteiger charge is -2.21. The van der Waals surface area contributed by atoms with Gasteiger partial charge in [-0.1, -0.05) is 47.5 Å². The molecule has 0 bridgehead atoms. The molecular formula is C18H23Cl2N3. The van der Waals surface area contributed by atoms with Gasteiger partial charge >= 0.3 is 0 Å². The van der Waals surface area contributed by atoms with Gasteiger partial charge < -0.3 is 15.1 Å². The number of likely N-dealkylation sites (N-methyl/N-ethyl adjacent to an activating group) is 1. The standard InChI is InChI=1S/C13H11Cl2N.C5H12N2/c1-16(10-6-3-2-4-7-10)13-11(14)8-5-9-12(13)15;1-7-4-2-6-3-5-7/h2-9H,1H3;6H,2-5H2,1H3. The summed E-state index contributed by atoms with van der Waals surface area (Å²) >= 11 is 12.3. The molecule has 0 aliphatic carbocycles. The van der Waals surface area contributed by atoms with Gasteiger partial charge in [0.1, 0.15) is 0 Å². The average Bonchev–Trinajstić information content (AvgIpc) is 2.57. The highest BCUT2D eigenvalue weighted by Crippen LogP contribution is 2.36. The Morgan fingerprint density at radius 3 is 1.96 bits per heavy atom. The second kappa shape index (κ2) is 9.14. The molecule has 0 amide bonds.